The highest BCUT2D eigenvalue weighted by Gasteiger charge is 2.28. The molecule has 0 aromatic heterocycles. The van der Waals surface area contributed by atoms with Gasteiger partial charge in [-0.15, -0.1) is 0 Å². The molecule has 24 heavy (non-hydrogen) atoms. The van der Waals surface area contributed by atoms with Crippen LogP contribution in [-0.4, -0.2) is 22.9 Å². The van der Waals surface area contributed by atoms with Crippen LogP contribution in [0.2, 0.25) is 5.02 Å². The molecule has 128 valence electrons. The Bertz CT molecular complexity index is 970. The fourth-order valence-corrected chi connectivity index (χ4v) is 4.76. The van der Waals surface area contributed by atoms with Gasteiger partial charge in [0, 0.05) is 11.1 Å². The maximum absolute atomic E-state index is 12.4. The fraction of sp³-hybridized carbons (Fsp3) is 0.200. The molecule has 3 rings (SSSR count). The Morgan fingerprint density at radius 1 is 0.875 bits per heavy atom. The molecule has 0 spiro atoms. The number of hydrogen-bond acceptors (Lipinski definition) is 4. The van der Waals surface area contributed by atoms with Gasteiger partial charge in [-0.05, 0) is 49.2 Å². The summed E-state index contributed by atoms with van der Waals surface area (Å²) in [6, 6.07) is 11.5. The maximum Gasteiger partial charge on any atom is 0.261 e. The van der Waals surface area contributed by atoms with Crippen LogP contribution in [0.25, 0.3) is 0 Å². The van der Waals surface area contributed by atoms with Crippen LogP contribution < -0.4 is 9.44 Å². The van der Waals surface area contributed by atoms with Gasteiger partial charge < -0.3 is 0 Å². The van der Waals surface area contributed by atoms with Crippen molar-refractivity contribution >= 4 is 37.3 Å². The molecule has 1 aliphatic rings. The van der Waals surface area contributed by atoms with Crippen molar-refractivity contribution in [2.24, 2.45) is 0 Å². The molecule has 6 nitrogen and oxygen atoms in total. The van der Waals surface area contributed by atoms with Crippen LogP contribution in [0.5, 0.6) is 0 Å². The van der Waals surface area contributed by atoms with Gasteiger partial charge in [-0.3, -0.25) is 4.72 Å². The van der Waals surface area contributed by atoms with Crippen molar-refractivity contribution in [3.8, 4) is 0 Å². The summed E-state index contributed by atoms with van der Waals surface area (Å²) in [5, 5.41) is 0.294. The molecule has 0 bridgehead atoms. The Morgan fingerprint density at radius 2 is 1.50 bits per heavy atom. The summed E-state index contributed by atoms with van der Waals surface area (Å²) in [6.07, 6.45) is 1.64. The Kier molecular flexibility index (Phi) is 4.56. The van der Waals surface area contributed by atoms with Crippen LogP contribution in [0.3, 0.4) is 0 Å². The standard InChI is InChI=1S/C15H15ClN2O4S2/c16-11-3-1-5-14(9-11)23(19,20)18-13-4-2-6-15(10-13)24(21,22)17-12-7-8-12/h1-6,9-10,12,17-18H,7-8H2. The van der Waals surface area contributed by atoms with Crippen LogP contribution in [0.1, 0.15) is 12.8 Å². The molecular formula is C15H15ClN2O4S2. The minimum Gasteiger partial charge on any atom is -0.280 e. The molecule has 9 heteroatoms. The first-order valence-electron chi connectivity index (χ1n) is 7.17. The summed E-state index contributed by atoms with van der Waals surface area (Å²) < 4.78 is 54.1. The average Bonchev–Trinajstić information content (AvgIpc) is 3.30. The quantitative estimate of drug-likeness (QED) is 0.798. The molecule has 0 amide bonds. The van der Waals surface area contributed by atoms with Gasteiger partial charge in [0.2, 0.25) is 10.0 Å². The molecular weight excluding hydrogens is 372 g/mol. The molecule has 0 heterocycles. The second-order valence-electron chi connectivity index (χ2n) is 5.49. The number of halogens is 1. The van der Waals surface area contributed by atoms with E-state index in [1.807, 2.05) is 0 Å². The Morgan fingerprint density at radius 3 is 2.12 bits per heavy atom. The summed E-state index contributed by atoms with van der Waals surface area (Å²) in [6.45, 7) is 0. The smallest absolute Gasteiger partial charge is 0.261 e. The van der Waals surface area contributed by atoms with Crippen molar-refractivity contribution in [2.45, 2.75) is 28.7 Å². The van der Waals surface area contributed by atoms with Gasteiger partial charge in [-0.2, -0.15) is 0 Å². The van der Waals surface area contributed by atoms with Crippen molar-refractivity contribution < 1.29 is 16.8 Å². The predicted octanol–water partition coefficient (Wildman–Crippen LogP) is 2.58. The largest absolute Gasteiger partial charge is 0.280 e. The van der Waals surface area contributed by atoms with E-state index in [2.05, 4.69) is 9.44 Å². The average molecular weight is 387 g/mol. The van der Waals surface area contributed by atoms with E-state index in [4.69, 9.17) is 11.6 Å². The monoisotopic (exact) mass is 386 g/mol. The number of hydrogen-bond donors (Lipinski definition) is 2. The molecule has 2 aromatic carbocycles. The van der Waals surface area contributed by atoms with Gasteiger partial charge in [0.1, 0.15) is 0 Å². The zero-order valence-electron chi connectivity index (χ0n) is 12.4. The molecule has 0 atom stereocenters. The maximum atomic E-state index is 12.4. The third kappa shape index (κ3) is 4.07. The number of anilines is 1. The number of sulfonamides is 2. The molecule has 1 aliphatic carbocycles. The van der Waals surface area contributed by atoms with E-state index in [-0.39, 0.29) is 21.5 Å². The first kappa shape index (κ1) is 17.2. The zero-order valence-corrected chi connectivity index (χ0v) is 14.8. The predicted molar refractivity (Wildman–Crippen MR) is 92.0 cm³/mol. The van der Waals surface area contributed by atoms with E-state index in [9.17, 15) is 16.8 Å². The van der Waals surface area contributed by atoms with Gasteiger partial charge in [0.15, 0.2) is 0 Å². The van der Waals surface area contributed by atoms with E-state index >= 15 is 0 Å². The van der Waals surface area contributed by atoms with Gasteiger partial charge >= 0.3 is 0 Å². The van der Waals surface area contributed by atoms with Crippen LogP contribution in [-0.2, 0) is 20.0 Å². The summed E-state index contributed by atoms with van der Waals surface area (Å²) >= 11 is 5.81. The Labute approximate surface area is 146 Å². The normalized spacial score (nSPS) is 15.2. The van der Waals surface area contributed by atoms with E-state index in [0.717, 1.165) is 12.8 Å². The summed E-state index contributed by atoms with van der Waals surface area (Å²) in [7, 11) is -7.51. The minimum atomic E-state index is -3.86. The minimum absolute atomic E-state index is 0.000587. The van der Waals surface area contributed by atoms with Gasteiger partial charge in [-0.25, -0.2) is 21.6 Å². The molecule has 2 N–H and O–H groups in total. The molecule has 0 aliphatic heterocycles. The van der Waals surface area contributed by atoms with Crippen LogP contribution in [0.4, 0.5) is 5.69 Å². The molecule has 0 saturated heterocycles. The Hall–Kier alpha value is -1.61. The fourth-order valence-electron chi connectivity index (χ4n) is 2.06. The molecule has 1 saturated carbocycles. The first-order chi connectivity index (χ1) is 11.3. The van der Waals surface area contributed by atoms with Crippen molar-refractivity contribution in [3.63, 3.8) is 0 Å². The van der Waals surface area contributed by atoms with E-state index in [1.165, 1.54) is 42.5 Å². The molecule has 0 unspecified atom stereocenters. The highest BCUT2D eigenvalue weighted by atomic mass is 35.5. The molecule has 2 aromatic rings. The van der Waals surface area contributed by atoms with E-state index in [1.54, 1.807) is 6.07 Å². The molecule has 1 fully saturated rings. The van der Waals surface area contributed by atoms with Crippen LogP contribution in [0, 0.1) is 0 Å². The van der Waals surface area contributed by atoms with E-state index < -0.39 is 20.0 Å². The first-order valence-corrected chi connectivity index (χ1v) is 10.5. The van der Waals surface area contributed by atoms with Crippen molar-refractivity contribution in [2.75, 3.05) is 4.72 Å². The van der Waals surface area contributed by atoms with Crippen molar-refractivity contribution in [3.05, 3.63) is 53.6 Å². The van der Waals surface area contributed by atoms with Gasteiger partial charge in [0.05, 0.1) is 15.5 Å². The summed E-state index contributed by atoms with van der Waals surface area (Å²) in [5.74, 6) is 0. The summed E-state index contributed by atoms with van der Waals surface area (Å²) in [4.78, 5) is 0.0139. The lowest BCUT2D eigenvalue weighted by molar-refractivity contribution is 0.581. The number of nitrogens with one attached hydrogen (secondary N) is 2. The molecule has 0 radical (unpaired) electrons. The number of benzene rings is 2. The topological polar surface area (TPSA) is 92.3 Å². The second-order valence-corrected chi connectivity index (χ2v) is 9.32. The number of rotatable bonds is 6. The highest BCUT2D eigenvalue weighted by molar-refractivity contribution is 7.92. The van der Waals surface area contributed by atoms with Gasteiger partial charge in [-0.1, -0.05) is 23.7 Å². The van der Waals surface area contributed by atoms with Crippen molar-refractivity contribution in [1.82, 2.24) is 4.72 Å². The lowest BCUT2D eigenvalue weighted by Gasteiger charge is -2.10. The SMILES string of the molecule is O=S(=O)(Nc1cccc(S(=O)(=O)NC2CC2)c1)c1cccc(Cl)c1. The third-order valence-corrected chi connectivity index (χ3v) is 6.53. The third-order valence-electron chi connectivity index (χ3n) is 3.40. The highest BCUT2D eigenvalue weighted by Crippen LogP contribution is 2.24. The van der Waals surface area contributed by atoms with Crippen LogP contribution >= 0.6 is 11.6 Å². The zero-order chi connectivity index (χ0) is 17.4. The Balaban J connectivity index is 1.86. The van der Waals surface area contributed by atoms with Crippen LogP contribution in [0.15, 0.2) is 58.3 Å². The lowest BCUT2D eigenvalue weighted by Crippen LogP contribution is -2.25. The second kappa shape index (κ2) is 6.36. The lowest BCUT2D eigenvalue weighted by atomic mass is 10.3. The summed E-state index contributed by atoms with van der Waals surface area (Å²) in [5.41, 5.74) is 0.161. The van der Waals surface area contributed by atoms with Crippen molar-refractivity contribution in [1.29, 1.82) is 0 Å². The van der Waals surface area contributed by atoms with E-state index in [0.29, 0.717) is 5.02 Å². The van der Waals surface area contributed by atoms with Gasteiger partial charge in [0.25, 0.3) is 10.0 Å².